The summed E-state index contributed by atoms with van der Waals surface area (Å²) >= 11 is 0. The fraction of sp³-hybridized carbons (Fsp3) is 0.500. The number of esters is 1. The summed E-state index contributed by atoms with van der Waals surface area (Å²) in [5, 5.41) is 9.50. The zero-order valence-corrected chi connectivity index (χ0v) is 11.7. The van der Waals surface area contributed by atoms with Crippen molar-refractivity contribution >= 4 is 5.97 Å². The first-order valence-electron chi connectivity index (χ1n) is 6.18. The molecule has 0 aliphatic carbocycles. The van der Waals surface area contributed by atoms with Crippen LogP contribution in [-0.4, -0.2) is 30.9 Å². The van der Waals surface area contributed by atoms with Crippen molar-refractivity contribution in [2.24, 2.45) is 0 Å². The maximum atomic E-state index is 11.5. The number of hydrogen-bond donors (Lipinski definition) is 1. The molecule has 106 valence electrons. The molecule has 1 rings (SSSR count). The third-order valence-corrected chi connectivity index (χ3v) is 2.59. The topological polar surface area (TPSA) is 65.0 Å². The second-order valence-corrected chi connectivity index (χ2v) is 4.10. The third-order valence-electron chi connectivity index (χ3n) is 2.59. The van der Waals surface area contributed by atoms with Crippen molar-refractivity contribution in [3.63, 3.8) is 0 Å². The number of hydrogen-bond acceptors (Lipinski definition) is 5. The van der Waals surface area contributed by atoms with Crippen LogP contribution < -0.4 is 9.47 Å². The third kappa shape index (κ3) is 4.13. The molecular weight excluding hydrogens is 248 g/mol. The molecule has 0 radical (unpaired) electrons. The van der Waals surface area contributed by atoms with Crippen molar-refractivity contribution in [3.8, 4) is 11.5 Å². The highest BCUT2D eigenvalue weighted by atomic mass is 16.6. The number of aliphatic hydroxyl groups excluding tert-OH is 1. The summed E-state index contributed by atoms with van der Waals surface area (Å²) in [6.07, 6.45) is -1.31. The zero-order chi connectivity index (χ0) is 14.4. The van der Waals surface area contributed by atoms with Gasteiger partial charge in [0.25, 0.3) is 0 Å². The maximum absolute atomic E-state index is 11.5. The van der Waals surface area contributed by atoms with Gasteiger partial charge in [0.05, 0.1) is 19.8 Å². The molecule has 0 saturated carbocycles. The molecule has 19 heavy (non-hydrogen) atoms. The Bertz CT molecular complexity index is 428. The molecule has 0 spiro atoms. The van der Waals surface area contributed by atoms with Gasteiger partial charge in [-0.2, -0.15) is 0 Å². The molecule has 0 heterocycles. The lowest BCUT2D eigenvalue weighted by Gasteiger charge is -2.17. The summed E-state index contributed by atoms with van der Waals surface area (Å²) in [5.74, 6) is 0.478. The summed E-state index contributed by atoms with van der Waals surface area (Å²) < 4.78 is 15.6. The Morgan fingerprint density at radius 2 is 2.00 bits per heavy atom. The molecule has 0 fully saturated rings. The van der Waals surface area contributed by atoms with Crippen LogP contribution in [0.5, 0.6) is 11.5 Å². The van der Waals surface area contributed by atoms with Gasteiger partial charge in [-0.3, -0.25) is 0 Å². The van der Waals surface area contributed by atoms with E-state index in [0.29, 0.717) is 23.7 Å². The number of carbonyl (C=O) groups is 1. The van der Waals surface area contributed by atoms with Gasteiger partial charge in [0, 0.05) is 0 Å². The van der Waals surface area contributed by atoms with E-state index in [0.717, 1.165) is 0 Å². The Morgan fingerprint density at radius 3 is 2.53 bits per heavy atom. The van der Waals surface area contributed by atoms with Crippen molar-refractivity contribution in [3.05, 3.63) is 23.8 Å². The van der Waals surface area contributed by atoms with E-state index in [4.69, 9.17) is 14.2 Å². The molecule has 1 aromatic carbocycles. The van der Waals surface area contributed by atoms with E-state index < -0.39 is 18.2 Å². The molecule has 0 aliphatic rings. The van der Waals surface area contributed by atoms with E-state index in [1.165, 1.54) is 7.11 Å². The quantitative estimate of drug-likeness (QED) is 0.800. The van der Waals surface area contributed by atoms with Crippen molar-refractivity contribution < 1.29 is 24.1 Å². The predicted molar refractivity (Wildman–Crippen MR) is 70.4 cm³/mol. The van der Waals surface area contributed by atoms with Crippen LogP contribution in [0, 0.1) is 0 Å². The van der Waals surface area contributed by atoms with Crippen LogP contribution >= 0.6 is 0 Å². The standard InChI is InChI=1S/C14H20O5/c1-5-18-14(16)10(3)19-12-7-6-11(9(2)15)8-13(12)17-4/h6-10,15H,5H2,1-4H3. The zero-order valence-electron chi connectivity index (χ0n) is 11.7. The van der Waals surface area contributed by atoms with E-state index in [9.17, 15) is 9.90 Å². The number of rotatable bonds is 6. The molecule has 0 amide bonds. The molecule has 0 aromatic heterocycles. The SMILES string of the molecule is CCOC(=O)C(C)Oc1ccc(C(C)O)cc1OC. The van der Waals surface area contributed by atoms with Gasteiger partial charge in [0.15, 0.2) is 17.6 Å². The molecular formula is C14H20O5. The molecule has 1 aromatic rings. The minimum Gasteiger partial charge on any atom is -0.493 e. The minimum atomic E-state index is -0.716. The number of carbonyl (C=O) groups excluding carboxylic acids is 1. The Balaban J connectivity index is 2.86. The van der Waals surface area contributed by atoms with E-state index in [-0.39, 0.29) is 0 Å². The van der Waals surface area contributed by atoms with E-state index in [1.807, 2.05) is 0 Å². The van der Waals surface area contributed by atoms with Gasteiger partial charge in [0.2, 0.25) is 0 Å². The van der Waals surface area contributed by atoms with Crippen LogP contribution in [0.15, 0.2) is 18.2 Å². The second kappa shape index (κ2) is 6.99. The van der Waals surface area contributed by atoms with Gasteiger partial charge in [-0.1, -0.05) is 6.07 Å². The molecule has 2 atom stereocenters. The number of aliphatic hydroxyl groups is 1. The smallest absolute Gasteiger partial charge is 0.347 e. The summed E-state index contributed by atoms with van der Waals surface area (Å²) in [6.45, 7) is 5.32. The summed E-state index contributed by atoms with van der Waals surface area (Å²) in [6, 6.07) is 5.06. The molecule has 0 aliphatic heterocycles. The Labute approximate surface area is 113 Å². The second-order valence-electron chi connectivity index (χ2n) is 4.10. The van der Waals surface area contributed by atoms with Crippen LogP contribution in [0.1, 0.15) is 32.4 Å². The van der Waals surface area contributed by atoms with E-state index in [1.54, 1.807) is 39.0 Å². The summed E-state index contributed by atoms with van der Waals surface area (Å²) in [5.41, 5.74) is 0.716. The normalized spacial score (nSPS) is 13.5. The monoisotopic (exact) mass is 268 g/mol. The van der Waals surface area contributed by atoms with Crippen LogP contribution in [0.3, 0.4) is 0 Å². The molecule has 0 saturated heterocycles. The molecule has 5 heteroatoms. The lowest BCUT2D eigenvalue weighted by molar-refractivity contribution is -0.150. The fourth-order valence-electron chi connectivity index (χ4n) is 1.54. The first-order valence-corrected chi connectivity index (χ1v) is 6.18. The molecule has 1 N–H and O–H groups in total. The Morgan fingerprint density at radius 1 is 1.32 bits per heavy atom. The van der Waals surface area contributed by atoms with Crippen LogP contribution in [0.25, 0.3) is 0 Å². The van der Waals surface area contributed by atoms with Gasteiger partial charge in [-0.05, 0) is 38.5 Å². The van der Waals surface area contributed by atoms with Crippen LogP contribution in [-0.2, 0) is 9.53 Å². The number of ether oxygens (including phenoxy) is 3. The molecule has 0 bridgehead atoms. The summed E-state index contributed by atoms with van der Waals surface area (Å²) in [7, 11) is 1.50. The van der Waals surface area contributed by atoms with Crippen molar-refractivity contribution in [2.75, 3.05) is 13.7 Å². The maximum Gasteiger partial charge on any atom is 0.347 e. The largest absolute Gasteiger partial charge is 0.493 e. The Hall–Kier alpha value is -1.75. The first kappa shape index (κ1) is 15.3. The first-order chi connectivity index (χ1) is 8.99. The summed E-state index contributed by atoms with van der Waals surface area (Å²) in [4.78, 5) is 11.5. The van der Waals surface area contributed by atoms with Gasteiger partial charge in [-0.25, -0.2) is 4.79 Å². The van der Waals surface area contributed by atoms with Gasteiger partial charge < -0.3 is 19.3 Å². The van der Waals surface area contributed by atoms with Crippen LogP contribution in [0.4, 0.5) is 0 Å². The van der Waals surface area contributed by atoms with Crippen molar-refractivity contribution in [1.29, 1.82) is 0 Å². The highest BCUT2D eigenvalue weighted by Crippen LogP contribution is 2.31. The lowest BCUT2D eigenvalue weighted by atomic mass is 10.1. The minimum absolute atomic E-state index is 0.310. The van der Waals surface area contributed by atoms with Gasteiger partial charge in [-0.15, -0.1) is 0 Å². The van der Waals surface area contributed by atoms with Crippen LogP contribution in [0.2, 0.25) is 0 Å². The lowest BCUT2D eigenvalue weighted by Crippen LogP contribution is -2.26. The Kier molecular flexibility index (Phi) is 5.63. The fourth-order valence-corrected chi connectivity index (χ4v) is 1.54. The van der Waals surface area contributed by atoms with E-state index in [2.05, 4.69) is 0 Å². The number of methoxy groups -OCH3 is 1. The highest BCUT2D eigenvalue weighted by Gasteiger charge is 2.18. The predicted octanol–water partition coefficient (Wildman–Crippen LogP) is 2.08. The molecule has 5 nitrogen and oxygen atoms in total. The average Bonchev–Trinajstić information content (AvgIpc) is 2.39. The van der Waals surface area contributed by atoms with E-state index >= 15 is 0 Å². The number of benzene rings is 1. The molecule has 2 unspecified atom stereocenters. The van der Waals surface area contributed by atoms with Crippen molar-refractivity contribution in [2.45, 2.75) is 33.0 Å². The van der Waals surface area contributed by atoms with Gasteiger partial charge in [0.1, 0.15) is 0 Å². The van der Waals surface area contributed by atoms with Crippen molar-refractivity contribution in [1.82, 2.24) is 0 Å². The van der Waals surface area contributed by atoms with Gasteiger partial charge >= 0.3 is 5.97 Å². The average molecular weight is 268 g/mol. The highest BCUT2D eigenvalue weighted by molar-refractivity contribution is 5.74.